The minimum absolute atomic E-state index is 0.226. The van der Waals surface area contributed by atoms with E-state index >= 15 is 0 Å². The molecule has 0 fully saturated rings. The quantitative estimate of drug-likeness (QED) is 0.580. The Morgan fingerprint density at radius 3 is 2.91 bits per heavy atom. The van der Waals surface area contributed by atoms with E-state index in [1.807, 2.05) is 6.08 Å². The van der Waals surface area contributed by atoms with Crippen LogP contribution in [0.5, 0.6) is 0 Å². The third kappa shape index (κ3) is 4.42. The Morgan fingerprint density at radius 2 is 2.36 bits per heavy atom. The van der Waals surface area contributed by atoms with E-state index in [0.29, 0.717) is 6.42 Å². The van der Waals surface area contributed by atoms with E-state index in [4.69, 9.17) is 10.5 Å². The number of hydrogen-bond acceptors (Lipinski definition) is 2. The number of rotatable bonds is 6. The van der Waals surface area contributed by atoms with Gasteiger partial charge in [0.05, 0.1) is 12.4 Å². The minimum Gasteiger partial charge on any atom is -0.498 e. The van der Waals surface area contributed by atoms with Crippen LogP contribution in [-0.2, 0) is 9.53 Å². The summed E-state index contributed by atoms with van der Waals surface area (Å²) >= 11 is 0. The van der Waals surface area contributed by atoms with E-state index in [1.165, 1.54) is 0 Å². The summed E-state index contributed by atoms with van der Waals surface area (Å²) in [5.74, 6) is 0.861. The maximum Gasteiger partial charge on any atom is 0.217 e. The number of unbranched alkanes of at least 4 members (excludes halogenated alkanes) is 1. The molecule has 0 heterocycles. The van der Waals surface area contributed by atoms with Crippen molar-refractivity contribution in [2.45, 2.75) is 25.7 Å². The molecule has 0 saturated carbocycles. The van der Waals surface area contributed by atoms with Crippen LogP contribution in [0.4, 0.5) is 0 Å². The highest BCUT2D eigenvalue weighted by Crippen LogP contribution is 2.19. The molecule has 0 spiro atoms. The summed E-state index contributed by atoms with van der Waals surface area (Å²) in [5, 5.41) is 0. The second-order valence-corrected chi connectivity index (χ2v) is 2.65. The fourth-order valence-corrected chi connectivity index (χ4v) is 0.764. The van der Waals surface area contributed by atoms with Gasteiger partial charge in [-0.2, -0.15) is 0 Å². The molecule has 3 heteroatoms. The normalized spacial score (nSPS) is 14.0. The highest BCUT2D eigenvalue weighted by atomic mass is 16.5. The lowest BCUT2D eigenvalue weighted by Crippen LogP contribution is -2.09. The van der Waals surface area contributed by atoms with E-state index in [1.54, 1.807) is 0 Å². The van der Waals surface area contributed by atoms with Crippen LogP contribution in [0.15, 0.2) is 11.8 Å². The summed E-state index contributed by atoms with van der Waals surface area (Å²) in [6, 6.07) is 0. The van der Waals surface area contributed by atoms with Crippen LogP contribution in [0.3, 0.4) is 0 Å². The number of allylic oxidation sites excluding steroid dienone is 2. The Hall–Kier alpha value is -0.990. The van der Waals surface area contributed by atoms with E-state index in [0.717, 1.165) is 31.6 Å². The Kier molecular flexibility index (Phi) is 2.95. The fraction of sp³-hybridized carbons (Fsp3) is 0.625. The Bertz CT molecular complexity index is 171. The van der Waals surface area contributed by atoms with Crippen LogP contribution in [0.1, 0.15) is 25.7 Å². The van der Waals surface area contributed by atoms with Crippen molar-refractivity contribution in [2.75, 3.05) is 6.61 Å². The number of primary amides is 1. The summed E-state index contributed by atoms with van der Waals surface area (Å²) < 4.78 is 5.24. The lowest BCUT2D eigenvalue weighted by molar-refractivity contribution is -0.118. The Labute approximate surface area is 66.2 Å². The monoisotopic (exact) mass is 155 g/mol. The molecule has 1 amide bonds. The average Bonchev–Trinajstić information content (AvgIpc) is 2.70. The van der Waals surface area contributed by atoms with Gasteiger partial charge in [0.15, 0.2) is 0 Å². The molecule has 11 heavy (non-hydrogen) atoms. The molecule has 2 N–H and O–H groups in total. The van der Waals surface area contributed by atoms with Crippen molar-refractivity contribution in [3.8, 4) is 0 Å². The van der Waals surface area contributed by atoms with Crippen LogP contribution < -0.4 is 5.73 Å². The highest BCUT2D eigenvalue weighted by molar-refractivity contribution is 5.73. The number of amides is 1. The molecule has 0 bridgehead atoms. The zero-order valence-electron chi connectivity index (χ0n) is 6.51. The molecular formula is C8H13NO2. The molecule has 3 nitrogen and oxygen atoms in total. The summed E-state index contributed by atoms with van der Waals surface area (Å²) in [7, 11) is 0. The predicted octanol–water partition coefficient (Wildman–Crippen LogP) is 0.946. The molecule has 1 rings (SSSR count). The lowest BCUT2D eigenvalue weighted by atomic mass is 10.2. The van der Waals surface area contributed by atoms with Crippen LogP contribution >= 0.6 is 0 Å². The Morgan fingerprint density at radius 1 is 1.64 bits per heavy atom. The van der Waals surface area contributed by atoms with E-state index < -0.39 is 0 Å². The minimum atomic E-state index is -0.226. The zero-order chi connectivity index (χ0) is 8.10. The van der Waals surface area contributed by atoms with E-state index in [9.17, 15) is 4.79 Å². The van der Waals surface area contributed by atoms with Gasteiger partial charge >= 0.3 is 0 Å². The van der Waals surface area contributed by atoms with Crippen molar-refractivity contribution in [2.24, 2.45) is 5.73 Å². The number of nitrogens with two attached hydrogens (primary N) is 1. The van der Waals surface area contributed by atoms with Crippen molar-refractivity contribution in [3.05, 3.63) is 11.8 Å². The molecule has 0 saturated heterocycles. The van der Waals surface area contributed by atoms with E-state index in [-0.39, 0.29) is 5.91 Å². The first-order valence-electron chi connectivity index (χ1n) is 3.89. The average molecular weight is 155 g/mol. The fourth-order valence-electron chi connectivity index (χ4n) is 0.764. The van der Waals surface area contributed by atoms with Crippen LogP contribution in [-0.4, -0.2) is 12.5 Å². The second kappa shape index (κ2) is 4.01. The molecular weight excluding hydrogens is 142 g/mol. The number of carbonyl (C=O) groups excluding carboxylic acids is 1. The summed E-state index contributed by atoms with van der Waals surface area (Å²) in [5.41, 5.74) is 4.96. The summed E-state index contributed by atoms with van der Waals surface area (Å²) in [4.78, 5) is 10.3. The maximum atomic E-state index is 10.3. The molecule has 1 aliphatic rings. The highest BCUT2D eigenvalue weighted by Gasteiger charge is 2.07. The van der Waals surface area contributed by atoms with E-state index in [2.05, 4.69) is 0 Å². The van der Waals surface area contributed by atoms with Gasteiger partial charge in [0.1, 0.15) is 0 Å². The van der Waals surface area contributed by atoms with Crippen LogP contribution in [0.25, 0.3) is 0 Å². The smallest absolute Gasteiger partial charge is 0.217 e. The van der Waals surface area contributed by atoms with Gasteiger partial charge in [-0.1, -0.05) is 0 Å². The van der Waals surface area contributed by atoms with Crippen molar-refractivity contribution >= 4 is 5.91 Å². The molecule has 0 atom stereocenters. The van der Waals surface area contributed by atoms with Gasteiger partial charge in [0.25, 0.3) is 0 Å². The second-order valence-electron chi connectivity index (χ2n) is 2.65. The molecule has 62 valence electrons. The number of hydrogen-bond donors (Lipinski definition) is 1. The van der Waals surface area contributed by atoms with Crippen molar-refractivity contribution in [3.63, 3.8) is 0 Å². The van der Waals surface area contributed by atoms with Gasteiger partial charge in [-0.15, -0.1) is 0 Å². The van der Waals surface area contributed by atoms with Gasteiger partial charge in [0, 0.05) is 12.8 Å². The van der Waals surface area contributed by atoms with Gasteiger partial charge in [-0.05, 0) is 18.9 Å². The first kappa shape index (κ1) is 8.11. The molecule has 0 aromatic heterocycles. The summed E-state index contributed by atoms with van der Waals surface area (Å²) in [6.07, 6.45) is 5.27. The maximum absolute atomic E-state index is 10.3. The van der Waals surface area contributed by atoms with Crippen LogP contribution in [0, 0.1) is 0 Å². The first-order valence-corrected chi connectivity index (χ1v) is 3.89. The molecule has 0 radical (unpaired) electrons. The third-order valence-corrected chi connectivity index (χ3v) is 1.48. The van der Waals surface area contributed by atoms with Crippen molar-refractivity contribution in [1.82, 2.24) is 0 Å². The number of carbonyl (C=O) groups is 1. The number of ether oxygens (including phenoxy) is 1. The topological polar surface area (TPSA) is 52.3 Å². The first-order chi connectivity index (χ1) is 5.29. The molecule has 0 aliphatic heterocycles. The molecule has 0 unspecified atom stereocenters. The van der Waals surface area contributed by atoms with Gasteiger partial charge in [-0.25, -0.2) is 0 Å². The molecule has 1 aliphatic carbocycles. The van der Waals surface area contributed by atoms with Crippen molar-refractivity contribution in [1.29, 1.82) is 0 Å². The SMILES string of the molecule is NC(=O)CCCCOC1=CC1. The molecule has 0 aromatic carbocycles. The summed E-state index contributed by atoms with van der Waals surface area (Å²) in [6.45, 7) is 0.721. The molecule has 0 aromatic rings. The lowest BCUT2D eigenvalue weighted by Gasteiger charge is -1.99. The standard InChI is InChI=1S/C8H13NO2/c9-8(10)3-1-2-6-11-7-4-5-7/h4H,1-3,5-6H2,(H2,9,10). The van der Waals surface area contributed by atoms with Gasteiger partial charge in [0.2, 0.25) is 5.91 Å². The zero-order valence-corrected chi connectivity index (χ0v) is 6.51. The van der Waals surface area contributed by atoms with Gasteiger partial charge in [-0.3, -0.25) is 4.79 Å². The predicted molar refractivity (Wildman–Crippen MR) is 41.7 cm³/mol. The van der Waals surface area contributed by atoms with Crippen molar-refractivity contribution < 1.29 is 9.53 Å². The third-order valence-electron chi connectivity index (χ3n) is 1.48. The van der Waals surface area contributed by atoms with Gasteiger partial charge < -0.3 is 10.5 Å². The Balaban J connectivity index is 1.80. The van der Waals surface area contributed by atoms with Crippen LogP contribution in [0.2, 0.25) is 0 Å². The largest absolute Gasteiger partial charge is 0.498 e.